The maximum atomic E-state index is 14.5. The van der Waals surface area contributed by atoms with Crippen molar-refractivity contribution in [1.82, 2.24) is 15.5 Å². The van der Waals surface area contributed by atoms with E-state index < -0.39 is 81.3 Å². The van der Waals surface area contributed by atoms with Gasteiger partial charge >= 0.3 is 6.09 Å². The molecule has 0 aromatic rings. The smallest absolute Gasteiger partial charge is 0.408 e. The third kappa shape index (κ3) is 7.18. The van der Waals surface area contributed by atoms with E-state index in [2.05, 4.69) is 31.4 Å². The Hall–Kier alpha value is -2.45. The van der Waals surface area contributed by atoms with Crippen LogP contribution in [0.25, 0.3) is 0 Å². The van der Waals surface area contributed by atoms with Gasteiger partial charge in [0, 0.05) is 18.9 Å². The summed E-state index contributed by atoms with van der Waals surface area (Å²) in [7, 11) is -6.27. The number of carbonyl (C=O) groups is 4. The van der Waals surface area contributed by atoms with E-state index in [1.165, 1.54) is 0 Å². The van der Waals surface area contributed by atoms with E-state index >= 15 is 0 Å². The van der Waals surface area contributed by atoms with E-state index in [4.69, 9.17) is 14.9 Å². The molecule has 260 valence electrons. The van der Waals surface area contributed by atoms with Crippen LogP contribution in [0.3, 0.4) is 0 Å². The lowest BCUT2D eigenvalue weighted by Crippen LogP contribution is -2.68. The van der Waals surface area contributed by atoms with Crippen molar-refractivity contribution < 1.29 is 36.8 Å². The standard InChI is InChI=1S/C32H54N4O8SSi/c1-29(2,3)43-28(40)34-24-15-13-11-9-10-12-14-21-18-32(21,45(41,42)23-16-17-23)35-27(39)31(26(33)38)19-22(20-36(31)25(24)37)44-46(7,8)30(4,5)6/h12,14,21-24H,9-11,13,15-20H2,1-8H3,(H2,33,38)(H,34,40)(H,35,39)/b14-12-. The van der Waals surface area contributed by atoms with Crippen molar-refractivity contribution in [2.75, 3.05) is 6.54 Å². The van der Waals surface area contributed by atoms with Gasteiger partial charge in [-0.3, -0.25) is 14.4 Å². The van der Waals surface area contributed by atoms with Crippen LogP contribution in [0.2, 0.25) is 18.1 Å². The van der Waals surface area contributed by atoms with E-state index in [1.54, 1.807) is 20.8 Å². The molecule has 4 N–H and O–H groups in total. The van der Waals surface area contributed by atoms with Crippen LogP contribution < -0.4 is 16.4 Å². The fourth-order valence-corrected chi connectivity index (χ4v) is 10.2. The predicted molar refractivity (Wildman–Crippen MR) is 177 cm³/mol. The Morgan fingerprint density at radius 1 is 1.04 bits per heavy atom. The first-order valence-corrected chi connectivity index (χ1v) is 21.0. The highest BCUT2D eigenvalue weighted by atomic mass is 32.2. The maximum Gasteiger partial charge on any atom is 0.408 e. The monoisotopic (exact) mass is 682 g/mol. The third-order valence-electron chi connectivity index (χ3n) is 10.2. The number of ether oxygens (including phenoxy) is 1. The molecule has 4 amide bonds. The van der Waals surface area contributed by atoms with Gasteiger partial charge in [-0.2, -0.15) is 0 Å². The Morgan fingerprint density at radius 2 is 1.70 bits per heavy atom. The van der Waals surface area contributed by atoms with Crippen LogP contribution >= 0.6 is 0 Å². The summed E-state index contributed by atoms with van der Waals surface area (Å²) in [6.45, 7) is 15.2. The average molecular weight is 683 g/mol. The molecule has 2 heterocycles. The number of amides is 4. The molecule has 0 aromatic carbocycles. The molecule has 0 radical (unpaired) electrons. The second-order valence-electron chi connectivity index (χ2n) is 16.0. The molecule has 0 aromatic heterocycles. The summed E-state index contributed by atoms with van der Waals surface area (Å²) in [5.41, 5.74) is 3.01. The topological polar surface area (TPSA) is 174 Å². The van der Waals surface area contributed by atoms with Gasteiger partial charge in [-0.25, -0.2) is 13.2 Å². The Morgan fingerprint density at radius 3 is 2.26 bits per heavy atom. The number of fused-ring (bicyclic) bond motifs is 2. The Bertz CT molecular complexity index is 1370. The van der Waals surface area contributed by atoms with Gasteiger partial charge in [0.15, 0.2) is 18.2 Å². The van der Waals surface area contributed by atoms with E-state index in [1.807, 2.05) is 25.2 Å². The zero-order chi connectivity index (χ0) is 34.5. The van der Waals surface area contributed by atoms with Gasteiger partial charge in [-0.1, -0.05) is 45.8 Å². The molecule has 5 atom stereocenters. The first-order chi connectivity index (χ1) is 21.1. The number of rotatable bonds is 6. The highest BCUT2D eigenvalue weighted by Gasteiger charge is 2.70. The summed E-state index contributed by atoms with van der Waals surface area (Å²) in [5, 5.41) is 4.69. The normalized spacial score (nSPS) is 32.3. The Kier molecular flexibility index (Phi) is 9.91. The number of carbonyl (C=O) groups excluding carboxylic acids is 4. The number of nitrogens with zero attached hydrogens (tertiary/aromatic N) is 1. The van der Waals surface area contributed by atoms with E-state index in [0.29, 0.717) is 25.7 Å². The van der Waals surface area contributed by atoms with Crippen molar-refractivity contribution in [3.63, 3.8) is 0 Å². The van der Waals surface area contributed by atoms with Crippen LogP contribution in [0.4, 0.5) is 4.79 Å². The summed E-state index contributed by atoms with van der Waals surface area (Å²) < 4.78 is 39.7. The highest BCUT2D eigenvalue weighted by Crippen LogP contribution is 2.54. The fraction of sp³-hybridized carbons (Fsp3) is 0.812. The average Bonchev–Trinajstić information content (AvgIpc) is 3.82. The Labute approximate surface area is 275 Å². The zero-order valence-electron chi connectivity index (χ0n) is 28.7. The maximum absolute atomic E-state index is 14.5. The lowest BCUT2D eigenvalue weighted by atomic mass is 9.92. The van der Waals surface area contributed by atoms with Crippen molar-refractivity contribution in [1.29, 1.82) is 0 Å². The second kappa shape index (κ2) is 12.5. The highest BCUT2D eigenvalue weighted by molar-refractivity contribution is 7.94. The number of hydrogen-bond donors (Lipinski definition) is 3. The van der Waals surface area contributed by atoms with Gasteiger partial charge in [0.1, 0.15) is 16.5 Å². The number of hydrogen-bond acceptors (Lipinski definition) is 8. The molecule has 4 aliphatic rings. The zero-order valence-corrected chi connectivity index (χ0v) is 30.6. The van der Waals surface area contributed by atoms with Crippen LogP contribution in [-0.2, 0) is 33.4 Å². The van der Waals surface area contributed by atoms with Gasteiger partial charge in [0.05, 0.1) is 11.4 Å². The second-order valence-corrected chi connectivity index (χ2v) is 23.3. The molecular weight excluding hydrogens is 629 g/mol. The fourth-order valence-electron chi connectivity index (χ4n) is 6.32. The molecule has 2 aliphatic carbocycles. The number of nitrogens with two attached hydrogens (primary N) is 1. The predicted octanol–water partition coefficient (Wildman–Crippen LogP) is 3.66. The summed E-state index contributed by atoms with van der Waals surface area (Å²) in [6.07, 6.45) is 6.31. The van der Waals surface area contributed by atoms with Crippen LogP contribution in [0.15, 0.2) is 12.2 Å². The quantitative estimate of drug-likeness (QED) is 0.216. The number of alkyl carbamates (subject to hydrolysis) is 1. The van der Waals surface area contributed by atoms with Crippen LogP contribution in [0, 0.1) is 5.92 Å². The van der Waals surface area contributed by atoms with Gasteiger partial charge in [0.25, 0.3) is 11.8 Å². The summed E-state index contributed by atoms with van der Waals surface area (Å²) in [4.78, 5) is 55.1. The first kappa shape index (κ1) is 36.4. The third-order valence-corrected chi connectivity index (χ3v) is 17.6. The molecule has 5 unspecified atom stereocenters. The van der Waals surface area contributed by atoms with Gasteiger partial charge in [-0.05, 0) is 77.4 Å². The van der Waals surface area contributed by atoms with Gasteiger partial charge < -0.3 is 30.4 Å². The van der Waals surface area contributed by atoms with Crippen LogP contribution in [-0.4, -0.2) is 85.4 Å². The molecule has 4 rings (SSSR count). The summed E-state index contributed by atoms with van der Waals surface area (Å²) >= 11 is 0. The first-order valence-electron chi connectivity index (χ1n) is 16.6. The molecule has 14 heteroatoms. The SMILES string of the molecule is CC(C)(C)OC(=O)NC1CCCCC/C=C\C2CC2(S(=O)(=O)C2CC2)NC(=O)C2(C(N)=O)CC(O[Si](C)(C)C(C)(C)C)CN2C1=O. The lowest BCUT2D eigenvalue weighted by Gasteiger charge is -2.38. The van der Waals surface area contributed by atoms with E-state index in [9.17, 15) is 27.6 Å². The Balaban J connectivity index is 1.79. The number of allylic oxidation sites excluding steroid dienone is 1. The van der Waals surface area contributed by atoms with E-state index in [-0.39, 0.29) is 30.8 Å². The molecule has 46 heavy (non-hydrogen) atoms. The van der Waals surface area contributed by atoms with Crippen molar-refractivity contribution >= 4 is 42.0 Å². The molecule has 2 aliphatic heterocycles. The minimum atomic E-state index is -3.80. The lowest BCUT2D eigenvalue weighted by molar-refractivity contribution is -0.153. The van der Waals surface area contributed by atoms with Crippen molar-refractivity contribution in [3.8, 4) is 0 Å². The summed E-state index contributed by atoms with van der Waals surface area (Å²) in [6, 6.07) is -1.12. The molecule has 2 saturated carbocycles. The van der Waals surface area contributed by atoms with Crippen molar-refractivity contribution in [2.24, 2.45) is 11.7 Å². The molecule has 12 nitrogen and oxygen atoms in total. The molecular formula is C32H54N4O8SSi. The molecule has 3 fully saturated rings. The number of nitrogens with one attached hydrogen (secondary N) is 2. The number of sulfone groups is 1. The van der Waals surface area contributed by atoms with Gasteiger partial charge in [-0.15, -0.1) is 0 Å². The minimum Gasteiger partial charge on any atom is -0.444 e. The number of primary amides is 1. The largest absolute Gasteiger partial charge is 0.444 e. The van der Waals surface area contributed by atoms with Crippen molar-refractivity contribution in [3.05, 3.63) is 12.2 Å². The van der Waals surface area contributed by atoms with E-state index in [0.717, 1.165) is 17.7 Å². The summed E-state index contributed by atoms with van der Waals surface area (Å²) in [5.74, 6) is -3.13. The minimum absolute atomic E-state index is 0.125. The van der Waals surface area contributed by atoms with Crippen LogP contribution in [0.1, 0.15) is 99.3 Å². The van der Waals surface area contributed by atoms with Crippen molar-refractivity contribution in [2.45, 2.75) is 151 Å². The van der Waals surface area contributed by atoms with Gasteiger partial charge in [0.2, 0.25) is 11.4 Å². The molecule has 0 spiro atoms. The molecule has 1 saturated heterocycles. The molecule has 0 bridgehead atoms. The van der Waals surface area contributed by atoms with Crippen LogP contribution in [0.5, 0.6) is 0 Å².